The van der Waals surface area contributed by atoms with Gasteiger partial charge in [-0.25, -0.2) is 8.42 Å². The van der Waals surface area contributed by atoms with Crippen LogP contribution in [0.5, 0.6) is 17.2 Å². The molecule has 0 radical (unpaired) electrons. The molecule has 0 saturated heterocycles. The van der Waals surface area contributed by atoms with E-state index in [0.29, 0.717) is 53.8 Å². The van der Waals surface area contributed by atoms with E-state index in [1.54, 1.807) is 31.4 Å². The van der Waals surface area contributed by atoms with Crippen molar-refractivity contribution in [2.45, 2.75) is 10.8 Å². The topological polar surface area (TPSA) is 140 Å². The highest BCUT2D eigenvalue weighted by atomic mass is 32.2. The maximum atomic E-state index is 12.4. The summed E-state index contributed by atoms with van der Waals surface area (Å²) < 4.78 is 39.4. The van der Waals surface area contributed by atoms with Crippen LogP contribution >= 0.6 is 11.3 Å². The van der Waals surface area contributed by atoms with Crippen LogP contribution in [0.1, 0.15) is 12.0 Å². The fourth-order valence-corrected chi connectivity index (χ4v) is 4.22. The molecule has 1 heterocycles. The summed E-state index contributed by atoms with van der Waals surface area (Å²) in [5.41, 5.74) is 0.431. The first kappa shape index (κ1) is 25.7. The maximum absolute atomic E-state index is 12.4. The number of aromatic nitrogens is 2. The third-order valence-electron chi connectivity index (χ3n) is 4.38. The predicted octanol–water partition coefficient (Wildman–Crippen LogP) is 3.34. The molecule has 10 nitrogen and oxygen atoms in total. The number of methoxy groups -OCH3 is 1. The Kier molecular flexibility index (Phi) is 8.77. The minimum absolute atomic E-state index is 0.0185. The molecule has 0 fully saturated rings. The lowest BCUT2D eigenvalue weighted by Crippen LogP contribution is -2.13. The van der Waals surface area contributed by atoms with Gasteiger partial charge in [-0.1, -0.05) is 35.6 Å². The molecule has 0 bridgehead atoms. The smallest absolute Gasteiger partial charge is 0.268 e. The highest BCUT2D eigenvalue weighted by Crippen LogP contribution is 2.26. The summed E-state index contributed by atoms with van der Waals surface area (Å²) in [6.07, 6.45) is 3.05. The van der Waals surface area contributed by atoms with Crippen LogP contribution in [0.2, 0.25) is 0 Å². The Morgan fingerprint density at radius 3 is 2.40 bits per heavy atom. The third-order valence-corrected chi connectivity index (χ3v) is 6.89. The van der Waals surface area contributed by atoms with Crippen molar-refractivity contribution in [1.29, 1.82) is 5.26 Å². The van der Waals surface area contributed by atoms with Crippen molar-refractivity contribution in [3.05, 3.63) is 59.7 Å². The lowest BCUT2D eigenvalue weighted by molar-refractivity contribution is -0.112. The number of sulfone groups is 1. The lowest BCUT2D eigenvalue weighted by atomic mass is 10.1. The summed E-state index contributed by atoms with van der Waals surface area (Å²) in [6, 6.07) is 16.1. The van der Waals surface area contributed by atoms with Gasteiger partial charge in [0, 0.05) is 12.7 Å². The van der Waals surface area contributed by atoms with Crippen LogP contribution < -0.4 is 19.5 Å². The Morgan fingerprint density at radius 2 is 1.77 bits per heavy atom. The monoisotopic (exact) mass is 514 g/mol. The van der Waals surface area contributed by atoms with Crippen molar-refractivity contribution in [1.82, 2.24) is 10.2 Å². The zero-order valence-corrected chi connectivity index (χ0v) is 20.6. The predicted molar refractivity (Wildman–Crippen MR) is 130 cm³/mol. The van der Waals surface area contributed by atoms with Crippen molar-refractivity contribution < 1.29 is 27.4 Å². The van der Waals surface area contributed by atoms with Gasteiger partial charge in [0.25, 0.3) is 5.91 Å². The van der Waals surface area contributed by atoms with Crippen LogP contribution in [0.15, 0.2) is 58.4 Å². The summed E-state index contributed by atoms with van der Waals surface area (Å²) in [5, 5.41) is 18.8. The number of amides is 1. The Bertz CT molecular complexity index is 1340. The first-order valence-electron chi connectivity index (χ1n) is 10.3. The van der Waals surface area contributed by atoms with Gasteiger partial charge in [-0.05, 0) is 35.9 Å². The average molecular weight is 515 g/mol. The Balaban J connectivity index is 1.50. The summed E-state index contributed by atoms with van der Waals surface area (Å²) in [5.74, 6) is 1.25. The summed E-state index contributed by atoms with van der Waals surface area (Å²) >= 11 is 0.705. The SMILES string of the molecule is COc1ccccc1OCCCOc1ccc(/C=C(/C#N)C(=O)Nc2nnc(S(C)(=O)=O)s2)cc1. The van der Waals surface area contributed by atoms with Gasteiger partial charge in [-0.3, -0.25) is 10.1 Å². The molecule has 0 aliphatic heterocycles. The average Bonchev–Trinajstić information content (AvgIpc) is 3.32. The van der Waals surface area contributed by atoms with E-state index >= 15 is 0 Å². The number of rotatable bonds is 11. The van der Waals surface area contributed by atoms with Gasteiger partial charge >= 0.3 is 0 Å². The number of benzene rings is 2. The highest BCUT2D eigenvalue weighted by molar-refractivity contribution is 7.92. The normalized spacial score (nSPS) is 11.4. The van der Waals surface area contributed by atoms with Crippen molar-refractivity contribution >= 4 is 38.3 Å². The molecule has 3 rings (SSSR count). The molecule has 2 aromatic carbocycles. The molecule has 35 heavy (non-hydrogen) atoms. The van der Waals surface area contributed by atoms with E-state index in [1.807, 2.05) is 30.3 Å². The largest absolute Gasteiger partial charge is 0.493 e. The van der Waals surface area contributed by atoms with Crippen molar-refractivity contribution in [2.24, 2.45) is 0 Å². The van der Waals surface area contributed by atoms with Crippen LogP contribution in [0.3, 0.4) is 0 Å². The number of hydrogen-bond donors (Lipinski definition) is 1. The molecule has 12 heteroatoms. The van der Waals surface area contributed by atoms with Gasteiger partial charge in [0.05, 0.1) is 20.3 Å². The quantitative estimate of drug-likeness (QED) is 0.176. The Labute approximate surface area is 206 Å². The van der Waals surface area contributed by atoms with Gasteiger partial charge in [0.1, 0.15) is 17.4 Å². The molecule has 0 spiro atoms. The van der Waals surface area contributed by atoms with Gasteiger partial charge in [-0.2, -0.15) is 5.26 Å². The Morgan fingerprint density at radius 1 is 1.09 bits per heavy atom. The highest BCUT2D eigenvalue weighted by Gasteiger charge is 2.17. The van der Waals surface area contributed by atoms with Gasteiger partial charge in [-0.15, -0.1) is 10.2 Å². The number of anilines is 1. The van der Waals surface area contributed by atoms with Crippen molar-refractivity contribution in [3.8, 4) is 23.3 Å². The molecule has 0 aliphatic rings. The molecular formula is C23H22N4O6S2. The van der Waals surface area contributed by atoms with Crippen molar-refractivity contribution in [2.75, 3.05) is 31.9 Å². The third kappa shape index (κ3) is 7.53. The van der Waals surface area contributed by atoms with E-state index < -0.39 is 15.7 Å². The molecule has 1 N–H and O–H groups in total. The fraction of sp³-hybridized carbons (Fsp3) is 0.217. The Hall–Kier alpha value is -3.95. The molecule has 3 aromatic rings. The standard InChI is InChI=1S/C23H22N4O6S2/c1-31-19-6-3-4-7-20(19)33-13-5-12-32-18-10-8-16(9-11-18)14-17(15-24)21(28)25-22-26-27-23(34-22)35(2,29)30/h3-4,6-11,14H,5,12-13H2,1-2H3,(H,25,26,28)/b17-14-. The molecule has 0 aliphatic carbocycles. The minimum Gasteiger partial charge on any atom is -0.493 e. The first-order chi connectivity index (χ1) is 16.8. The molecule has 1 aromatic heterocycles. The second kappa shape index (κ2) is 12.0. The van der Waals surface area contributed by atoms with E-state index in [-0.39, 0.29) is 15.0 Å². The van der Waals surface area contributed by atoms with E-state index in [2.05, 4.69) is 15.5 Å². The number of hydrogen-bond acceptors (Lipinski definition) is 10. The number of ether oxygens (including phenoxy) is 3. The van der Waals surface area contributed by atoms with E-state index in [0.717, 1.165) is 6.26 Å². The lowest BCUT2D eigenvalue weighted by Gasteiger charge is -2.11. The van der Waals surface area contributed by atoms with Crippen LogP contribution in [0, 0.1) is 11.3 Å². The molecule has 182 valence electrons. The summed E-state index contributed by atoms with van der Waals surface area (Å²) in [4.78, 5) is 12.4. The van der Waals surface area contributed by atoms with Crippen LogP contribution in [0.4, 0.5) is 5.13 Å². The summed E-state index contributed by atoms with van der Waals surface area (Å²) in [7, 11) is -1.94. The van der Waals surface area contributed by atoms with Gasteiger partial charge in [0.2, 0.25) is 19.3 Å². The molecule has 0 atom stereocenters. The number of nitrogens with zero attached hydrogens (tertiary/aromatic N) is 3. The van der Waals surface area contributed by atoms with E-state index in [4.69, 9.17) is 14.2 Å². The number of carbonyl (C=O) groups is 1. The maximum Gasteiger partial charge on any atom is 0.268 e. The number of para-hydroxylation sites is 2. The van der Waals surface area contributed by atoms with Crippen LogP contribution in [0.25, 0.3) is 6.08 Å². The van der Waals surface area contributed by atoms with Crippen molar-refractivity contribution in [3.63, 3.8) is 0 Å². The number of nitrogens with one attached hydrogen (secondary N) is 1. The van der Waals surface area contributed by atoms with E-state index in [9.17, 15) is 18.5 Å². The molecule has 1 amide bonds. The second-order valence-corrected chi connectivity index (χ2v) is 10.2. The molecular weight excluding hydrogens is 492 g/mol. The fourth-order valence-electron chi connectivity index (χ4n) is 2.72. The van der Waals surface area contributed by atoms with Crippen LogP contribution in [-0.2, 0) is 14.6 Å². The second-order valence-electron chi connectivity index (χ2n) is 7.04. The van der Waals surface area contributed by atoms with Gasteiger partial charge < -0.3 is 14.2 Å². The van der Waals surface area contributed by atoms with E-state index in [1.165, 1.54) is 6.08 Å². The van der Waals surface area contributed by atoms with Gasteiger partial charge in [0.15, 0.2) is 11.5 Å². The zero-order valence-electron chi connectivity index (χ0n) is 18.9. The molecule has 0 saturated carbocycles. The zero-order chi connectivity index (χ0) is 25.3. The minimum atomic E-state index is -3.53. The summed E-state index contributed by atoms with van der Waals surface area (Å²) in [6.45, 7) is 0.898. The van der Waals surface area contributed by atoms with Crippen LogP contribution in [-0.4, -0.2) is 51.1 Å². The number of carbonyl (C=O) groups excluding carboxylic acids is 1. The first-order valence-corrected chi connectivity index (χ1v) is 13.0. The number of nitriles is 1. The molecule has 0 unspecified atom stereocenters.